The van der Waals surface area contributed by atoms with Gasteiger partial charge in [0, 0.05) is 38.3 Å². The van der Waals surface area contributed by atoms with E-state index in [9.17, 15) is 10.2 Å². The van der Waals surface area contributed by atoms with E-state index < -0.39 is 0 Å². The van der Waals surface area contributed by atoms with Crippen molar-refractivity contribution >= 4 is 0 Å². The Balaban J connectivity index is 1.68. The number of hydrogen-bond acceptors (Lipinski definition) is 5. The van der Waals surface area contributed by atoms with Crippen molar-refractivity contribution in [3.63, 3.8) is 0 Å². The Kier molecular flexibility index (Phi) is 4.33. The molecule has 21 heavy (non-hydrogen) atoms. The highest BCUT2D eigenvalue weighted by Crippen LogP contribution is 2.37. The molecule has 2 aliphatic rings. The number of phenolic OH excluding ortho intramolecular Hbond substituents is 2. The van der Waals surface area contributed by atoms with E-state index in [4.69, 9.17) is 4.74 Å². The van der Waals surface area contributed by atoms with Crippen molar-refractivity contribution in [3.05, 3.63) is 23.8 Å². The molecule has 1 aromatic carbocycles. The summed E-state index contributed by atoms with van der Waals surface area (Å²) in [5.41, 5.74) is 0.639. The highest BCUT2D eigenvalue weighted by Gasteiger charge is 2.32. The summed E-state index contributed by atoms with van der Waals surface area (Å²) in [6, 6.07) is 5.53. The van der Waals surface area contributed by atoms with E-state index >= 15 is 0 Å². The van der Waals surface area contributed by atoms with Crippen LogP contribution in [0.3, 0.4) is 0 Å². The number of ether oxygens (including phenoxy) is 1. The van der Waals surface area contributed by atoms with Gasteiger partial charge < -0.3 is 14.9 Å². The molecule has 3 rings (SSSR count). The second kappa shape index (κ2) is 6.22. The molecule has 0 aliphatic carbocycles. The van der Waals surface area contributed by atoms with E-state index in [0.29, 0.717) is 11.6 Å². The lowest BCUT2D eigenvalue weighted by molar-refractivity contribution is 0.0177. The minimum atomic E-state index is 0.0252. The van der Waals surface area contributed by atoms with Crippen LogP contribution in [0, 0.1) is 0 Å². The third-order valence-electron chi connectivity index (χ3n) is 4.78. The first-order chi connectivity index (χ1) is 10.2. The van der Waals surface area contributed by atoms with Gasteiger partial charge >= 0.3 is 0 Å². The average Bonchev–Trinajstić information content (AvgIpc) is 2.97. The Morgan fingerprint density at radius 2 is 1.81 bits per heavy atom. The Bertz CT molecular complexity index is 468. The van der Waals surface area contributed by atoms with Crippen molar-refractivity contribution in [3.8, 4) is 11.5 Å². The quantitative estimate of drug-likeness (QED) is 0.885. The molecule has 5 heteroatoms. The maximum Gasteiger partial charge on any atom is 0.124 e. The predicted molar refractivity (Wildman–Crippen MR) is 80.6 cm³/mol. The third kappa shape index (κ3) is 3.00. The van der Waals surface area contributed by atoms with Crippen molar-refractivity contribution in [1.29, 1.82) is 0 Å². The van der Waals surface area contributed by atoms with Crippen LogP contribution in [0.5, 0.6) is 11.5 Å². The van der Waals surface area contributed by atoms with E-state index in [1.165, 1.54) is 0 Å². The van der Waals surface area contributed by atoms with Crippen LogP contribution in [0.4, 0.5) is 0 Å². The summed E-state index contributed by atoms with van der Waals surface area (Å²) in [5, 5.41) is 20.0. The molecule has 5 nitrogen and oxygen atoms in total. The van der Waals surface area contributed by atoms with E-state index in [1.807, 2.05) is 0 Å². The van der Waals surface area contributed by atoms with Crippen molar-refractivity contribution < 1.29 is 14.9 Å². The molecular weight excluding hydrogens is 268 g/mol. The fraction of sp³-hybridized carbons (Fsp3) is 0.625. The number of phenols is 2. The second-order valence-electron chi connectivity index (χ2n) is 5.97. The van der Waals surface area contributed by atoms with Gasteiger partial charge in [-0.1, -0.05) is 6.07 Å². The van der Waals surface area contributed by atoms with E-state index in [2.05, 4.69) is 16.7 Å². The van der Waals surface area contributed by atoms with Crippen molar-refractivity contribution in [2.45, 2.75) is 25.4 Å². The molecule has 2 unspecified atom stereocenters. The Labute approximate surface area is 125 Å². The van der Waals surface area contributed by atoms with Gasteiger partial charge in [-0.15, -0.1) is 0 Å². The molecule has 1 aromatic rings. The first-order valence-corrected chi connectivity index (χ1v) is 7.73. The molecule has 0 bridgehead atoms. The van der Waals surface area contributed by atoms with Crippen LogP contribution in [0.25, 0.3) is 0 Å². The van der Waals surface area contributed by atoms with Crippen LogP contribution >= 0.6 is 0 Å². The monoisotopic (exact) mass is 292 g/mol. The number of hydrogen-bond donors (Lipinski definition) is 2. The molecule has 2 saturated heterocycles. The number of likely N-dealkylation sites (tertiary alicyclic amines) is 1. The molecule has 2 heterocycles. The topological polar surface area (TPSA) is 56.2 Å². The van der Waals surface area contributed by atoms with Gasteiger partial charge in [0.25, 0.3) is 0 Å². The number of aromatic hydroxyl groups is 2. The third-order valence-corrected chi connectivity index (χ3v) is 4.78. The van der Waals surface area contributed by atoms with Gasteiger partial charge in [0.2, 0.25) is 0 Å². The van der Waals surface area contributed by atoms with Gasteiger partial charge in [0.1, 0.15) is 11.5 Å². The Morgan fingerprint density at radius 1 is 1.14 bits per heavy atom. The molecule has 116 valence electrons. The lowest BCUT2D eigenvalue weighted by Gasteiger charge is -2.33. The molecule has 2 N–H and O–H groups in total. The lowest BCUT2D eigenvalue weighted by atomic mass is 10.0. The molecule has 0 amide bonds. The highest BCUT2D eigenvalue weighted by atomic mass is 16.5. The van der Waals surface area contributed by atoms with E-state index in [-0.39, 0.29) is 17.5 Å². The summed E-state index contributed by atoms with van der Waals surface area (Å²) in [7, 11) is 0. The van der Waals surface area contributed by atoms with Crippen LogP contribution < -0.4 is 0 Å². The highest BCUT2D eigenvalue weighted by molar-refractivity contribution is 5.45. The molecule has 0 saturated carbocycles. The molecule has 2 atom stereocenters. The summed E-state index contributed by atoms with van der Waals surface area (Å²) in [6.45, 7) is 7.70. The molecular formula is C16H24N2O3. The summed E-state index contributed by atoms with van der Waals surface area (Å²) in [4.78, 5) is 4.84. The average molecular weight is 292 g/mol. The molecule has 0 radical (unpaired) electrons. The maximum atomic E-state index is 10.0. The summed E-state index contributed by atoms with van der Waals surface area (Å²) >= 11 is 0. The van der Waals surface area contributed by atoms with E-state index in [1.54, 1.807) is 18.2 Å². The Hall–Kier alpha value is -1.30. The van der Waals surface area contributed by atoms with Crippen molar-refractivity contribution in [1.82, 2.24) is 9.80 Å². The number of rotatable bonds is 3. The van der Waals surface area contributed by atoms with Gasteiger partial charge in [-0.05, 0) is 25.5 Å². The first-order valence-electron chi connectivity index (χ1n) is 7.73. The fourth-order valence-electron chi connectivity index (χ4n) is 3.51. The zero-order chi connectivity index (χ0) is 14.8. The zero-order valence-electron chi connectivity index (χ0n) is 12.5. The lowest BCUT2D eigenvalue weighted by Crippen LogP contribution is -2.44. The maximum absolute atomic E-state index is 10.0. The molecule has 2 fully saturated rings. The SMILES string of the molecule is CC(c1c(O)cccc1O)N1CCC(N2CCOCC2)C1. The smallest absolute Gasteiger partial charge is 0.124 e. The largest absolute Gasteiger partial charge is 0.507 e. The predicted octanol–water partition coefficient (Wildman–Crippen LogP) is 1.57. The van der Waals surface area contributed by atoms with Crippen molar-refractivity contribution in [2.24, 2.45) is 0 Å². The van der Waals surface area contributed by atoms with Gasteiger partial charge in [0.05, 0.1) is 18.8 Å². The minimum absolute atomic E-state index is 0.0252. The van der Waals surface area contributed by atoms with Gasteiger partial charge in [0.15, 0.2) is 0 Å². The number of benzene rings is 1. The van der Waals surface area contributed by atoms with Crippen LogP contribution in [0.2, 0.25) is 0 Å². The number of nitrogens with zero attached hydrogens (tertiary/aromatic N) is 2. The summed E-state index contributed by atoms with van der Waals surface area (Å²) in [6.07, 6.45) is 1.14. The summed E-state index contributed by atoms with van der Waals surface area (Å²) < 4.78 is 5.41. The van der Waals surface area contributed by atoms with Gasteiger partial charge in [-0.2, -0.15) is 0 Å². The molecule has 0 aromatic heterocycles. The summed E-state index contributed by atoms with van der Waals surface area (Å²) in [5.74, 6) is 0.356. The van der Waals surface area contributed by atoms with Crippen molar-refractivity contribution in [2.75, 3.05) is 39.4 Å². The van der Waals surface area contributed by atoms with Crippen LogP contribution in [0.15, 0.2) is 18.2 Å². The molecule has 2 aliphatic heterocycles. The van der Waals surface area contributed by atoms with Crippen LogP contribution in [-0.2, 0) is 4.74 Å². The molecule has 0 spiro atoms. The van der Waals surface area contributed by atoms with Crippen LogP contribution in [0.1, 0.15) is 24.9 Å². The normalized spacial score (nSPS) is 26.0. The van der Waals surface area contributed by atoms with E-state index in [0.717, 1.165) is 45.8 Å². The minimum Gasteiger partial charge on any atom is -0.507 e. The standard InChI is InChI=1S/C16H24N2O3/c1-12(16-14(19)3-2-4-15(16)20)18-6-5-13(11-18)17-7-9-21-10-8-17/h2-4,12-13,19-20H,5-11H2,1H3. The Morgan fingerprint density at radius 3 is 2.48 bits per heavy atom. The number of morpholine rings is 1. The van der Waals surface area contributed by atoms with Gasteiger partial charge in [-0.25, -0.2) is 0 Å². The first kappa shape index (κ1) is 14.6. The van der Waals surface area contributed by atoms with Crippen LogP contribution in [-0.4, -0.2) is 65.4 Å². The van der Waals surface area contributed by atoms with Gasteiger partial charge in [-0.3, -0.25) is 9.80 Å². The second-order valence-corrected chi connectivity index (χ2v) is 5.97. The fourth-order valence-corrected chi connectivity index (χ4v) is 3.51. The zero-order valence-corrected chi connectivity index (χ0v) is 12.5.